The number of hydrogen-bond donors (Lipinski definition) is 2. The molecule has 2 rings (SSSR count). The third-order valence-electron chi connectivity index (χ3n) is 2.63. The van der Waals surface area contributed by atoms with Crippen LogP contribution in [0, 0.1) is 6.92 Å². The Morgan fingerprint density at radius 1 is 1.31 bits per heavy atom. The molecule has 84 valence electrons. The molecule has 0 saturated carbocycles. The van der Waals surface area contributed by atoms with Crippen molar-refractivity contribution >= 4 is 11.4 Å². The van der Waals surface area contributed by atoms with E-state index in [1.54, 1.807) is 6.26 Å². The maximum Gasteiger partial charge on any atom is 0.125 e. The lowest BCUT2D eigenvalue weighted by Gasteiger charge is -2.13. The molecule has 3 N–H and O–H groups in total. The van der Waals surface area contributed by atoms with Crippen molar-refractivity contribution < 1.29 is 4.42 Å². The van der Waals surface area contributed by atoms with E-state index in [0.29, 0.717) is 0 Å². The van der Waals surface area contributed by atoms with Gasteiger partial charge in [-0.15, -0.1) is 0 Å². The molecule has 16 heavy (non-hydrogen) atoms. The monoisotopic (exact) mass is 216 g/mol. The average molecular weight is 216 g/mol. The summed E-state index contributed by atoms with van der Waals surface area (Å²) < 4.78 is 5.33. The van der Waals surface area contributed by atoms with E-state index in [4.69, 9.17) is 10.2 Å². The van der Waals surface area contributed by atoms with E-state index in [9.17, 15) is 0 Å². The number of rotatable bonds is 3. The van der Waals surface area contributed by atoms with E-state index in [-0.39, 0.29) is 6.04 Å². The smallest absolute Gasteiger partial charge is 0.125 e. The SMILES string of the molecule is Cc1ccc(NC(C)c2ccco2)cc1N. The van der Waals surface area contributed by atoms with Gasteiger partial charge >= 0.3 is 0 Å². The first kappa shape index (κ1) is 10.6. The van der Waals surface area contributed by atoms with Crippen molar-refractivity contribution in [3.8, 4) is 0 Å². The highest BCUT2D eigenvalue weighted by molar-refractivity contribution is 5.58. The Labute approximate surface area is 95.3 Å². The van der Waals surface area contributed by atoms with Crippen LogP contribution in [0.15, 0.2) is 41.0 Å². The summed E-state index contributed by atoms with van der Waals surface area (Å²) in [5.41, 5.74) is 8.75. The molecule has 0 fully saturated rings. The molecule has 0 aliphatic rings. The normalized spacial score (nSPS) is 12.4. The molecule has 0 bridgehead atoms. The summed E-state index contributed by atoms with van der Waals surface area (Å²) in [5.74, 6) is 0.916. The second kappa shape index (κ2) is 4.31. The van der Waals surface area contributed by atoms with Gasteiger partial charge in [-0.05, 0) is 43.7 Å². The van der Waals surface area contributed by atoms with Crippen LogP contribution in [0.1, 0.15) is 24.3 Å². The number of aryl methyl sites for hydroxylation is 1. The fraction of sp³-hybridized carbons (Fsp3) is 0.231. The van der Waals surface area contributed by atoms with E-state index < -0.39 is 0 Å². The first-order chi connectivity index (χ1) is 7.66. The van der Waals surface area contributed by atoms with Crippen molar-refractivity contribution in [2.24, 2.45) is 0 Å². The van der Waals surface area contributed by atoms with Crippen LogP contribution in [0.4, 0.5) is 11.4 Å². The summed E-state index contributed by atoms with van der Waals surface area (Å²) in [6.45, 7) is 4.05. The maximum atomic E-state index is 5.85. The van der Waals surface area contributed by atoms with E-state index in [1.807, 2.05) is 37.3 Å². The minimum absolute atomic E-state index is 0.136. The van der Waals surface area contributed by atoms with E-state index in [0.717, 1.165) is 22.7 Å². The lowest BCUT2D eigenvalue weighted by molar-refractivity contribution is 0.490. The Morgan fingerprint density at radius 2 is 2.12 bits per heavy atom. The first-order valence-corrected chi connectivity index (χ1v) is 5.33. The van der Waals surface area contributed by atoms with Crippen molar-refractivity contribution in [1.29, 1.82) is 0 Å². The van der Waals surface area contributed by atoms with Crippen LogP contribution in [0.3, 0.4) is 0 Å². The standard InChI is InChI=1S/C13H16N2O/c1-9-5-6-11(8-12(9)14)15-10(2)13-4-3-7-16-13/h3-8,10,15H,14H2,1-2H3. The number of furan rings is 1. The van der Waals surface area contributed by atoms with Gasteiger partial charge in [0.15, 0.2) is 0 Å². The van der Waals surface area contributed by atoms with Crippen LogP contribution >= 0.6 is 0 Å². The molecule has 0 saturated heterocycles. The lowest BCUT2D eigenvalue weighted by Crippen LogP contribution is -2.06. The zero-order valence-electron chi connectivity index (χ0n) is 9.53. The van der Waals surface area contributed by atoms with Gasteiger partial charge in [0, 0.05) is 11.4 Å². The average Bonchev–Trinajstić information content (AvgIpc) is 2.77. The number of nitrogens with one attached hydrogen (secondary N) is 1. The molecule has 3 heteroatoms. The van der Waals surface area contributed by atoms with Gasteiger partial charge in [0.05, 0.1) is 12.3 Å². The first-order valence-electron chi connectivity index (χ1n) is 5.33. The number of hydrogen-bond acceptors (Lipinski definition) is 3. The lowest BCUT2D eigenvalue weighted by atomic mass is 10.1. The molecule has 0 aliphatic carbocycles. The Balaban J connectivity index is 2.12. The quantitative estimate of drug-likeness (QED) is 0.773. The highest BCUT2D eigenvalue weighted by Crippen LogP contribution is 2.22. The van der Waals surface area contributed by atoms with Crippen molar-refractivity contribution in [2.75, 3.05) is 11.1 Å². The van der Waals surface area contributed by atoms with Gasteiger partial charge in [-0.25, -0.2) is 0 Å². The maximum absolute atomic E-state index is 5.85. The molecule has 3 nitrogen and oxygen atoms in total. The van der Waals surface area contributed by atoms with Gasteiger partial charge in [-0.3, -0.25) is 0 Å². The molecule has 0 amide bonds. The summed E-state index contributed by atoms with van der Waals surface area (Å²) in [6.07, 6.45) is 1.68. The molecular formula is C13H16N2O. The van der Waals surface area contributed by atoms with Crippen molar-refractivity contribution in [3.05, 3.63) is 47.9 Å². The Bertz CT molecular complexity index is 463. The summed E-state index contributed by atoms with van der Waals surface area (Å²) in [6, 6.07) is 9.94. The number of nitrogens with two attached hydrogens (primary N) is 1. The fourth-order valence-corrected chi connectivity index (χ4v) is 1.59. The Morgan fingerprint density at radius 3 is 2.75 bits per heavy atom. The highest BCUT2D eigenvalue weighted by Gasteiger charge is 2.07. The molecule has 0 radical (unpaired) electrons. The van der Waals surface area contributed by atoms with Crippen LogP contribution in [0.5, 0.6) is 0 Å². The molecule has 1 aromatic heterocycles. The summed E-state index contributed by atoms with van der Waals surface area (Å²) in [4.78, 5) is 0. The van der Waals surface area contributed by atoms with Crippen molar-refractivity contribution in [3.63, 3.8) is 0 Å². The molecular weight excluding hydrogens is 200 g/mol. The molecule has 0 aliphatic heterocycles. The zero-order valence-corrected chi connectivity index (χ0v) is 9.53. The van der Waals surface area contributed by atoms with Gasteiger partial charge in [-0.2, -0.15) is 0 Å². The van der Waals surface area contributed by atoms with E-state index in [1.165, 1.54) is 0 Å². The molecule has 1 aromatic carbocycles. The largest absolute Gasteiger partial charge is 0.467 e. The number of nitrogen functional groups attached to an aromatic ring is 1. The summed E-state index contributed by atoms with van der Waals surface area (Å²) in [7, 11) is 0. The van der Waals surface area contributed by atoms with Crippen molar-refractivity contribution in [1.82, 2.24) is 0 Å². The Kier molecular flexibility index (Phi) is 2.86. The van der Waals surface area contributed by atoms with Gasteiger partial charge in [0.2, 0.25) is 0 Å². The molecule has 1 atom stereocenters. The fourth-order valence-electron chi connectivity index (χ4n) is 1.59. The number of benzene rings is 1. The second-order valence-corrected chi connectivity index (χ2v) is 3.95. The van der Waals surface area contributed by atoms with Crippen LogP contribution in [-0.4, -0.2) is 0 Å². The predicted octanol–water partition coefficient (Wildman–Crippen LogP) is 3.34. The third-order valence-corrected chi connectivity index (χ3v) is 2.63. The van der Waals surface area contributed by atoms with Gasteiger partial charge in [0.1, 0.15) is 5.76 Å². The van der Waals surface area contributed by atoms with Crippen LogP contribution in [-0.2, 0) is 0 Å². The van der Waals surface area contributed by atoms with Gasteiger partial charge in [0.25, 0.3) is 0 Å². The highest BCUT2D eigenvalue weighted by atomic mass is 16.3. The molecule has 0 spiro atoms. The topological polar surface area (TPSA) is 51.2 Å². The Hall–Kier alpha value is -1.90. The molecule has 1 heterocycles. The predicted molar refractivity (Wildman–Crippen MR) is 66.3 cm³/mol. The summed E-state index contributed by atoms with van der Waals surface area (Å²) in [5, 5.41) is 3.34. The van der Waals surface area contributed by atoms with E-state index in [2.05, 4.69) is 12.2 Å². The van der Waals surface area contributed by atoms with Crippen LogP contribution in [0.25, 0.3) is 0 Å². The minimum Gasteiger partial charge on any atom is -0.467 e. The molecule has 1 unspecified atom stereocenters. The van der Waals surface area contributed by atoms with Crippen molar-refractivity contribution in [2.45, 2.75) is 19.9 Å². The summed E-state index contributed by atoms with van der Waals surface area (Å²) >= 11 is 0. The van der Waals surface area contributed by atoms with Crippen LogP contribution < -0.4 is 11.1 Å². The van der Waals surface area contributed by atoms with Gasteiger partial charge < -0.3 is 15.5 Å². The van der Waals surface area contributed by atoms with E-state index >= 15 is 0 Å². The van der Waals surface area contributed by atoms with Gasteiger partial charge in [-0.1, -0.05) is 6.07 Å². The molecule has 2 aromatic rings. The third kappa shape index (κ3) is 2.19. The minimum atomic E-state index is 0.136. The second-order valence-electron chi connectivity index (χ2n) is 3.95. The number of anilines is 2. The van der Waals surface area contributed by atoms with Crippen LogP contribution in [0.2, 0.25) is 0 Å². The zero-order chi connectivity index (χ0) is 11.5.